The van der Waals surface area contributed by atoms with Crippen LogP contribution in [0, 0.1) is 0 Å². The van der Waals surface area contributed by atoms with Crippen LogP contribution < -0.4 is 10.2 Å². The van der Waals surface area contributed by atoms with Gasteiger partial charge in [-0.1, -0.05) is 24.3 Å². The van der Waals surface area contributed by atoms with Crippen LogP contribution >= 0.6 is 11.3 Å². The molecule has 0 radical (unpaired) electrons. The number of benzene rings is 1. The Balaban J connectivity index is 1.21. The number of hydrogen-bond donors (Lipinski definition) is 1. The zero-order valence-electron chi connectivity index (χ0n) is 15.1. The second kappa shape index (κ2) is 8.31. The standard InChI is InChI=1S/C21H22N4OS/c26-20(23-12-14-25-13-10-16-5-1-2-7-19(16)25)9-8-17-15-27-21(24-17)18-6-3-4-11-22-18/h1-7,11,15H,8-10,12-14H2,(H,23,26). The monoisotopic (exact) mass is 378 g/mol. The quantitative estimate of drug-likeness (QED) is 0.685. The lowest BCUT2D eigenvalue weighted by Crippen LogP contribution is -2.34. The Bertz CT molecular complexity index is 909. The first kappa shape index (κ1) is 17.7. The number of nitrogens with zero attached hydrogens (tertiary/aromatic N) is 3. The molecule has 27 heavy (non-hydrogen) atoms. The molecule has 0 spiro atoms. The third-order valence-electron chi connectivity index (χ3n) is 4.73. The van der Waals surface area contributed by atoms with Crippen LogP contribution in [0.3, 0.4) is 0 Å². The fourth-order valence-electron chi connectivity index (χ4n) is 3.33. The van der Waals surface area contributed by atoms with E-state index in [1.807, 2.05) is 23.6 Å². The minimum Gasteiger partial charge on any atom is -0.369 e. The van der Waals surface area contributed by atoms with Crippen molar-refractivity contribution in [1.82, 2.24) is 15.3 Å². The van der Waals surface area contributed by atoms with E-state index in [0.29, 0.717) is 19.4 Å². The van der Waals surface area contributed by atoms with Crippen LogP contribution in [0.4, 0.5) is 5.69 Å². The fraction of sp³-hybridized carbons (Fsp3) is 0.286. The van der Waals surface area contributed by atoms with Crippen LogP contribution in [0.25, 0.3) is 10.7 Å². The van der Waals surface area contributed by atoms with E-state index >= 15 is 0 Å². The van der Waals surface area contributed by atoms with Crippen molar-refractivity contribution in [3.8, 4) is 10.7 Å². The summed E-state index contributed by atoms with van der Waals surface area (Å²) in [5, 5.41) is 5.95. The van der Waals surface area contributed by atoms with Crippen molar-refractivity contribution in [1.29, 1.82) is 0 Å². The molecule has 3 heterocycles. The summed E-state index contributed by atoms with van der Waals surface area (Å²) in [4.78, 5) is 23.4. The van der Waals surface area contributed by atoms with Crippen LogP contribution in [0.2, 0.25) is 0 Å². The summed E-state index contributed by atoms with van der Waals surface area (Å²) in [5.41, 5.74) is 4.53. The van der Waals surface area contributed by atoms with E-state index in [-0.39, 0.29) is 5.91 Å². The van der Waals surface area contributed by atoms with E-state index < -0.39 is 0 Å². The molecular weight excluding hydrogens is 356 g/mol. The van der Waals surface area contributed by atoms with Gasteiger partial charge in [0.2, 0.25) is 5.91 Å². The van der Waals surface area contributed by atoms with Gasteiger partial charge in [0.05, 0.1) is 11.4 Å². The van der Waals surface area contributed by atoms with Crippen molar-refractivity contribution in [2.24, 2.45) is 0 Å². The Morgan fingerprint density at radius 2 is 2.07 bits per heavy atom. The third-order valence-corrected chi connectivity index (χ3v) is 5.64. The maximum absolute atomic E-state index is 12.1. The van der Waals surface area contributed by atoms with Crippen molar-refractivity contribution in [3.05, 3.63) is 65.3 Å². The first-order valence-electron chi connectivity index (χ1n) is 9.25. The molecule has 0 atom stereocenters. The molecule has 2 aromatic heterocycles. The summed E-state index contributed by atoms with van der Waals surface area (Å²) >= 11 is 1.57. The molecule has 0 aliphatic carbocycles. The minimum atomic E-state index is 0.0786. The first-order valence-corrected chi connectivity index (χ1v) is 10.1. The van der Waals surface area contributed by atoms with Gasteiger partial charge in [-0.2, -0.15) is 0 Å². The average Bonchev–Trinajstić information content (AvgIpc) is 3.35. The number of nitrogens with one attached hydrogen (secondary N) is 1. The minimum absolute atomic E-state index is 0.0786. The fourth-order valence-corrected chi connectivity index (χ4v) is 4.16. The lowest BCUT2D eigenvalue weighted by molar-refractivity contribution is -0.121. The molecule has 0 saturated carbocycles. The number of thiazole rings is 1. The Hall–Kier alpha value is -2.73. The van der Waals surface area contributed by atoms with Crippen molar-refractivity contribution in [2.45, 2.75) is 19.3 Å². The molecule has 0 saturated heterocycles. The molecule has 4 rings (SSSR count). The van der Waals surface area contributed by atoms with E-state index in [1.54, 1.807) is 17.5 Å². The van der Waals surface area contributed by atoms with E-state index in [2.05, 4.69) is 44.5 Å². The summed E-state index contributed by atoms with van der Waals surface area (Å²) in [6.45, 7) is 2.55. The first-order chi connectivity index (χ1) is 13.3. The van der Waals surface area contributed by atoms with Gasteiger partial charge in [-0.15, -0.1) is 11.3 Å². The lowest BCUT2D eigenvalue weighted by atomic mass is 10.2. The van der Waals surface area contributed by atoms with Crippen LogP contribution in [0.15, 0.2) is 54.0 Å². The van der Waals surface area contributed by atoms with E-state index in [4.69, 9.17) is 0 Å². The van der Waals surface area contributed by atoms with E-state index in [9.17, 15) is 4.79 Å². The predicted octanol–water partition coefficient (Wildman–Crippen LogP) is 3.32. The largest absolute Gasteiger partial charge is 0.369 e. The molecule has 138 valence electrons. The molecule has 5 nitrogen and oxygen atoms in total. The number of anilines is 1. The van der Waals surface area contributed by atoms with Gasteiger partial charge in [-0.3, -0.25) is 9.78 Å². The lowest BCUT2D eigenvalue weighted by Gasteiger charge is -2.19. The molecule has 0 fully saturated rings. The summed E-state index contributed by atoms with van der Waals surface area (Å²) < 4.78 is 0. The van der Waals surface area contributed by atoms with Crippen molar-refractivity contribution in [3.63, 3.8) is 0 Å². The highest BCUT2D eigenvalue weighted by Gasteiger charge is 2.17. The highest BCUT2D eigenvalue weighted by atomic mass is 32.1. The van der Waals surface area contributed by atoms with Gasteiger partial charge >= 0.3 is 0 Å². The number of hydrogen-bond acceptors (Lipinski definition) is 5. The van der Waals surface area contributed by atoms with Gasteiger partial charge in [0.1, 0.15) is 5.01 Å². The van der Waals surface area contributed by atoms with Gasteiger partial charge < -0.3 is 10.2 Å². The number of carbonyl (C=O) groups is 1. The van der Waals surface area contributed by atoms with Crippen LogP contribution in [-0.4, -0.2) is 35.5 Å². The zero-order chi connectivity index (χ0) is 18.5. The number of para-hydroxylation sites is 1. The van der Waals surface area contributed by atoms with Gasteiger partial charge in [-0.25, -0.2) is 4.98 Å². The molecule has 3 aromatic rings. The summed E-state index contributed by atoms with van der Waals surface area (Å²) in [5.74, 6) is 0.0786. The number of aryl methyl sites for hydroxylation is 1. The molecule has 6 heteroatoms. The molecule has 1 N–H and O–H groups in total. The zero-order valence-corrected chi connectivity index (χ0v) is 15.9. The topological polar surface area (TPSA) is 58.1 Å². The Morgan fingerprint density at radius 3 is 2.96 bits per heavy atom. The summed E-state index contributed by atoms with van der Waals surface area (Å²) in [6.07, 6.45) is 3.97. The molecule has 1 amide bonds. The Kier molecular flexibility index (Phi) is 5.44. The smallest absolute Gasteiger partial charge is 0.220 e. The van der Waals surface area contributed by atoms with Gasteiger partial charge in [0.15, 0.2) is 0 Å². The molecule has 1 aromatic carbocycles. The number of fused-ring (bicyclic) bond motifs is 1. The number of carbonyl (C=O) groups excluding carboxylic acids is 1. The normalized spacial score (nSPS) is 12.8. The molecule has 1 aliphatic rings. The van der Waals surface area contributed by atoms with Gasteiger partial charge in [0.25, 0.3) is 0 Å². The maximum atomic E-state index is 12.1. The predicted molar refractivity (Wildman–Crippen MR) is 109 cm³/mol. The van der Waals surface area contributed by atoms with Gasteiger partial charge in [-0.05, 0) is 36.6 Å². The Morgan fingerprint density at radius 1 is 1.19 bits per heavy atom. The maximum Gasteiger partial charge on any atom is 0.220 e. The van der Waals surface area contributed by atoms with Crippen LogP contribution in [0.5, 0.6) is 0 Å². The summed E-state index contributed by atoms with van der Waals surface area (Å²) in [6, 6.07) is 14.3. The number of pyridine rings is 1. The highest BCUT2D eigenvalue weighted by Crippen LogP contribution is 2.26. The second-order valence-corrected chi connectivity index (χ2v) is 7.43. The Labute approximate surface area is 163 Å². The SMILES string of the molecule is O=C(CCc1csc(-c2ccccn2)n1)NCCN1CCc2ccccc21. The number of amides is 1. The molecule has 1 aliphatic heterocycles. The third kappa shape index (κ3) is 4.34. The number of rotatable bonds is 7. The summed E-state index contributed by atoms with van der Waals surface area (Å²) in [7, 11) is 0. The molecular formula is C21H22N4OS. The van der Waals surface area contributed by atoms with Crippen molar-refractivity contribution < 1.29 is 4.79 Å². The van der Waals surface area contributed by atoms with Gasteiger partial charge in [0, 0.05) is 43.3 Å². The number of aromatic nitrogens is 2. The highest BCUT2D eigenvalue weighted by molar-refractivity contribution is 7.13. The average molecular weight is 379 g/mol. The second-order valence-electron chi connectivity index (χ2n) is 6.57. The van der Waals surface area contributed by atoms with E-state index in [1.165, 1.54) is 11.3 Å². The van der Waals surface area contributed by atoms with Crippen molar-refractivity contribution >= 4 is 22.9 Å². The van der Waals surface area contributed by atoms with Crippen LogP contribution in [0.1, 0.15) is 17.7 Å². The van der Waals surface area contributed by atoms with E-state index in [0.717, 1.165) is 35.9 Å². The molecule has 0 bridgehead atoms. The van der Waals surface area contributed by atoms with Crippen molar-refractivity contribution in [2.75, 3.05) is 24.5 Å². The molecule has 0 unspecified atom stereocenters. The van der Waals surface area contributed by atoms with Crippen LogP contribution in [-0.2, 0) is 17.6 Å².